The number of hydrogen-bond acceptors (Lipinski definition) is 5. The summed E-state index contributed by atoms with van der Waals surface area (Å²) in [6, 6.07) is 16.6. The van der Waals surface area contributed by atoms with E-state index in [1.54, 1.807) is 37.5 Å². The highest BCUT2D eigenvalue weighted by Crippen LogP contribution is 2.24. The molecule has 0 spiro atoms. The molecule has 0 radical (unpaired) electrons. The fraction of sp³-hybridized carbons (Fsp3) is 0.100. The van der Waals surface area contributed by atoms with E-state index in [9.17, 15) is 4.79 Å². The van der Waals surface area contributed by atoms with Crippen LogP contribution >= 0.6 is 0 Å². The number of benzene rings is 2. The fourth-order valence-corrected chi connectivity index (χ4v) is 2.06. The fourth-order valence-electron chi connectivity index (χ4n) is 2.06. The summed E-state index contributed by atoms with van der Waals surface area (Å²) in [5.41, 5.74) is 7.30. The summed E-state index contributed by atoms with van der Waals surface area (Å²) in [7, 11) is 1.59. The number of para-hydroxylation sites is 1. The number of carbonyl (C=O) groups excluding carboxylic acids is 1. The Kier molecular flexibility index (Phi) is 6.54. The third-order valence-corrected chi connectivity index (χ3v) is 3.33. The largest absolute Gasteiger partial charge is 0.497 e. The van der Waals surface area contributed by atoms with Gasteiger partial charge in [0.15, 0.2) is 11.6 Å². The Hall–Kier alpha value is -3.34. The second-order valence-corrected chi connectivity index (χ2v) is 5.06. The zero-order valence-corrected chi connectivity index (χ0v) is 14.0. The SMILES string of the molecule is C=CCOc1cc2ccccc2nc1N.COc1ccc(C=O)cc1. The number of ether oxygens (including phenoxy) is 2. The van der Waals surface area contributed by atoms with Crippen molar-refractivity contribution in [3.8, 4) is 11.5 Å². The maximum Gasteiger partial charge on any atom is 0.166 e. The van der Waals surface area contributed by atoms with Gasteiger partial charge in [-0.2, -0.15) is 0 Å². The van der Waals surface area contributed by atoms with Crippen molar-refractivity contribution in [1.82, 2.24) is 4.98 Å². The minimum Gasteiger partial charge on any atom is -0.497 e. The number of rotatable bonds is 5. The van der Waals surface area contributed by atoms with Crippen LogP contribution in [0.2, 0.25) is 0 Å². The van der Waals surface area contributed by atoms with Crippen molar-refractivity contribution in [3.05, 3.63) is 72.8 Å². The van der Waals surface area contributed by atoms with Gasteiger partial charge in [0.2, 0.25) is 0 Å². The number of aromatic nitrogens is 1. The summed E-state index contributed by atoms with van der Waals surface area (Å²) in [5.74, 6) is 1.79. The Balaban J connectivity index is 0.000000196. The minimum atomic E-state index is 0.413. The van der Waals surface area contributed by atoms with Gasteiger partial charge in [-0.05, 0) is 36.4 Å². The van der Waals surface area contributed by atoms with Crippen molar-refractivity contribution in [2.45, 2.75) is 0 Å². The number of carbonyl (C=O) groups is 1. The summed E-state index contributed by atoms with van der Waals surface area (Å²) >= 11 is 0. The molecule has 0 atom stereocenters. The highest BCUT2D eigenvalue weighted by Gasteiger charge is 2.03. The molecule has 1 aromatic heterocycles. The van der Waals surface area contributed by atoms with Gasteiger partial charge in [-0.25, -0.2) is 4.98 Å². The van der Waals surface area contributed by atoms with Crippen LogP contribution in [0.3, 0.4) is 0 Å². The van der Waals surface area contributed by atoms with E-state index in [0.29, 0.717) is 23.7 Å². The maximum atomic E-state index is 10.2. The van der Waals surface area contributed by atoms with Gasteiger partial charge in [-0.3, -0.25) is 4.79 Å². The number of aldehydes is 1. The molecule has 0 saturated carbocycles. The first-order valence-electron chi connectivity index (χ1n) is 7.66. The van der Waals surface area contributed by atoms with Crippen LogP contribution in [0, 0.1) is 0 Å². The topological polar surface area (TPSA) is 74.4 Å². The molecular weight excluding hydrogens is 316 g/mol. The third kappa shape index (κ3) is 5.07. The lowest BCUT2D eigenvalue weighted by molar-refractivity contribution is 0.112. The number of nitrogen functional groups attached to an aromatic ring is 1. The lowest BCUT2D eigenvalue weighted by atomic mass is 10.2. The monoisotopic (exact) mass is 336 g/mol. The van der Waals surface area contributed by atoms with Crippen molar-refractivity contribution in [3.63, 3.8) is 0 Å². The predicted molar refractivity (Wildman–Crippen MR) is 100 cm³/mol. The molecule has 0 aliphatic rings. The first-order chi connectivity index (χ1) is 12.2. The van der Waals surface area contributed by atoms with E-state index in [2.05, 4.69) is 11.6 Å². The van der Waals surface area contributed by atoms with Crippen molar-refractivity contribution >= 4 is 23.0 Å². The molecule has 2 N–H and O–H groups in total. The smallest absolute Gasteiger partial charge is 0.166 e. The number of fused-ring (bicyclic) bond motifs is 1. The Morgan fingerprint density at radius 2 is 1.88 bits per heavy atom. The van der Waals surface area contributed by atoms with Crippen LogP contribution in [0.4, 0.5) is 5.82 Å². The first-order valence-corrected chi connectivity index (χ1v) is 7.66. The molecule has 25 heavy (non-hydrogen) atoms. The standard InChI is InChI=1S/C12H12N2O.C8H8O2/c1-2-7-15-11-8-9-5-3-4-6-10(9)14-12(11)13;1-10-8-4-2-7(6-9)3-5-8/h2-6,8H,1,7H2,(H2,13,14);2-6H,1H3. The van der Waals surface area contributed by atoms with E-state index < -0.39 is 0 Å². The average molecular weight is 336 g/mol. The van der Waals surface area contributed by atoms with Crippen molar-refractivity contribution < 1.29 is 14.3 Å². The molecule has 3 aromatic rings. The Bertz CT molecular complexity index is 845. The van der Waals surface area contributed by atoms with Gasteiger partial charge in [-0.15, -0.1) is 0 Å². The summed E-state index contributed by atoms with van der Waals surface area (Å²) < 4.78 is 10.3. The van der Waals surface area contributed by atoms with Crippen LogP contribution in [0.1, 0.15) is 10.4 Å². The summed E-state index contributed by atoms with van der Waals surface area (Å²) in [6.45, 7) is 4.02. The van der Waals surface area contributed by atoms with Crippen LogP contribution in [0.15, 0.2) is 67.3 Å². The molecule has 1 heterocycles. The normalized spacial score (nSPS) is 9.64. The van der Waals surface area contributed by atoms with E-state index in [1.807, 2.05) is 30.3 Å². The number of nitrogens with two attached hydrogens (primary N) is 1. The number of anilines is 1. The number of nitrogens with zero attached hydrogens (tertiary/aromatic N) is 1. The van der Waals surface area contributed by atoms with Gasteiger partial charge >= 0.3 is 0 Å². The van der Waals surface area contributed by atoms with Gasteiger partial charge in [0.25, 0.3) is 0 Å². The van der Waals surface area contributed by atoms with Gasteiger partial charge < -0.3 is 15.2 Å². The van der Waals surface area contributed by atoms with Crippen molar-refractivity contribution in [2.24, 2.45) is 0 Å². The maximum absolute atomic E-state index is 10.2. The molecule has 0 aliphatic carbocycles. The second-order valence-electron chi connectivity index (χ2n) is 5.06. The summed E-state index contributed by atoms with van der Waals surface area (Å²) in [4.78, 5) is 14.4. The van der Waals surface area contributed by atoms with E-state index >= 15 is 0 Å². The number of hydrogen-bond donors (Lipinski definition) is 1. The summed E-state index contributed by atoms with van der Waals surface area (Å²) in [6.07, 6.45) is 2.48. The summed E-state index contributed by atoms with van der Waals surface area (Å²) in [5, 5.41) is 1.02. The number of pyridine rings is 1. The van der Waals surface area contributed by atoms with Crippen molar-refractivity contribution in [1.29, 1.82) is 0 Å². The van der Waals surface area contributed by atoms with Crippen LogP contribution in [0.5, 0.6) is 11.5 Å². The molecule has 5 nitrogen and oxygen atoms in total. The molecule has 0 fully saturated rings. The second kappa shape index (κ2) is 9.08. The van der Waals surface area contributed by atoms with Gasteiger partial charge in [0.1, 0.15) is 18.6 Å². The molecule has 0 bridgehead atoms. The van der Waals surface area contributed by atoms with E-state index in [1.165, 1.54) is 0 Å². The van der Waals surface area contributed by atoms with Crippen LogP contribution in [0.25, 0.3) is 10.9 Å². The molecule has 0 saturated heterocycles. The third-order valence-electron chi connectivity index (χ3n) is 3.33. The highest BCUT2D eigenvalue weighted by atomic mass is 16.5. The lowest BCUT2D eigenvalue weighted by Gasteiger charge is -2.07. The van der Waals surface area contributed by atoms with Gasteiger partial charge in [0.05, 0.1) is 12.6 Å². The van der Waals surface area contributed by atoms with Crippen molar-refractivity contribution in [2.75, 3.05) is 19.5 Å². The highest BCUT2D eigenvalue weighted by molar-refractivity contribution is 5.82. The van der Waals surface area contributed by atoms with E-state index in [0.717, 1.165) is 22.9 Å². The zero-order valence-electron chi connectivity index (χ0n) is 14.0. The molecule has 5 heteroatoms. The van der Waals surface area contributed by atoms with Gasteiger partial charge in [0, 0.05) is 10.9 Å². The van der Waals surface area contributed by atoms with E-state index in [4.69, 9.17) is 15.2 Å². The lowest BCUT2D eigenvalue weighted by Crippen LogP contribution is -1.99. The molecule has 0 amide bonds. The molecule has 128 valence electrons. The Labute approximate surface area is 146 Å². The Morgan fingerprint density at radius 3 is 2.52 bits per heavy atom. The number of methoxy groups -OCH3 is 1. The van der Waals surface area contributed by atoms with E-state index in [-0.39, 0.29) is 0 Å². The first kappa shape index (κ1) is 18.0. The van der Waals surface area contributed by atoms with Crippen LogP contribution < -0.4 is 15.2 Å². The molecule has 2 aromatic carbocycles. The predicted octanol–water partition coefficient (Wildman–Crippen LogP) is 3.89. The van der Waals surface area contributed by atoms with Crippen LogP contribution in [-0.2, 0) is 0 Å². The Morgan fingerprint density at radius 1 is 1.16 bits per heavy atom. The quantitative estimate of drug-likeness (QED) is 0.565. The van der Waals surface area contributed by atoms with Crippen LogP contribution in [-0.4, -0.2) is 25.0 Å². The zero-order chi connectivity index (χ0) is 18.1. The molecule has 0 unspecified atom stereocenters. The molecule has 0 aliphatic heterocycles. The molecule has 3 rings (SSSR count). The van der Waals surface area contributed by atoms with Gasteiger partial charge in [-0.1, -0.05) is 30.9 Å². The minimum absolute atomic E-state index is 0.413. The average Bonchev–Trinajstić information content (AvgIpc) is 2.67. The molecular formula is C20H20N2O3.